The number of amides is 1. The van der Waals surface area contributed by atoms with Crippen LogP contribution in [-0.2, 0) is 7.05 Å². The first-order valence-electron chi connectivity index (χ1n) is 6.05. The van der Waals surface area contributed by atoms with Gasteiger partial charge in [-0.15, -0.1) is 11.6 Å². The lowest BCUT2D eigenvalue weighted by Gasteiger charge is -2.10. The van der Waals surface area contributed by atoms with Crippen molar-refractivity contribution in [1.82, 2.24) is 15.1 Å². The van der Waals surface area contributed by atoms with Crippen LogP contribution in [0.15, 0.2) is 36.5 Å². The Morgan fingerprint density at radius 3 is 2.68 bits per heavy atom. The molecule has 0 fully saturated rings. The van der Waals surface area contributed by atoms with Crippen molar-refractivity contribution in [3.8, 4) is 0 Å². The molecular formula is C14H16ClN3O. The molecule has 0 spiro atoms. The fourth-order valence-electron chi connectivity index (χ4n) is 1.88. The second-order valence-electron chi connectivity index (χ2n) is 4.39. The zero-order valence-electron chi connectivity index (χ0n) is 10.9. The summed E-state index contributed by atoms with van der Waals surface area (Å²) in [5.74, 6) is -0.146. The quantitative estimate of drug-likeness (QED) is 0.873. The van der Waals surface area contributed by atoms with E-state index in [4.69, 9.17) is 11.6 Å². The van der Waals surface area contributed by atoms with Crippen LogP contribution in [0.4, 0.5) is 0 Å². The standard InChI is InChI=1S/C14H16ClN3O/c1-10-12(9-18(2)17-10)14(19)16-8-13(15)11-6-4-3-5-7-11/h3-7,9,13H,8H2,1-2H3,(H,16,19). The zero-order chi connectivity index (χ0) is 13.8. The molecule has 5 heteroatoms. The van der Waals surface area contributed by atoms with Crippen molar-refractivity contribution < 1.29 is 4.79 Å². The maximum Gasteiger partial charge on any atom is 0.254 e. The van der Waals surface area contributed by atoms with Crippen molar-refractivity contribution in [2.45, 2.75) is 12.3 Å². The molecule has 100 valence electrons. The molecule has 2 rings (SSSR count). The van der Waals surface area contributed by atoms with Crippen LogP contribution in [0, 0.1) is 6.92 Å². The molecule has 0 bridgehead atoms. The van der Waals surface area contributed by atoms with Crippen LogP contribution >= 0.6 is 11.6 Å². The highest BCUT2D eigenvalue weighted by atomic mass is 35.5. The zero-order valence-corrected chi connectivity index (χ0v) is 11.7. The molecule has 1 aromatic heterocycles. The summed E-state index contributed by atoms with van der Waals surface area (Å²) in [4.78, 5) is 12.0. The van der Waals surface area contributed by atoms with E-state index < -0.39 is 0 Å². The van der Waals surface area contributed by atoms with Crippen LogP contribution in [0.2, 0.25) is 0 Å². The molecule has 1 amide bonds. The van der Waals surface area contributed by atoms with Crippen LogP contribution < -0.4 is 5.32 Å². The van der Waals surface area contributed by atoms with Crippen molar-refractivity contribution in [2.75, 3.05) is 6.54 Å². The van der Waals surface area contributed by atoms with Crippen LogP contribution in [0.25, 0.3) is 0 Å². The van der Waals surface area contributed by atoms with Crippen molar-refractivity contribution in [3.63, 3.8) is 0 Å². The molecule has 0 saturated heterocycles. The number of hydrogen-bond donors (Lipinski definition) is 1. The minimum Gasteiger partial charge on any atom is -0.350 e. The van der Waals surface area contributed by atoms with Gasteiger partial charge in [-0.25, -0.2) is 0 Å². The third-order valence-corrected chi connectivity index (χ3v) is 3.27. The van der Waals surface area contributed by atoms with Gasteiger partial charge in [0.2, 0.25) is 0 Å². The molecule has 1 atom stereocenters. The summed E-state index contributed by atoms with van der Waals surface area (Å²) in [5, 5.41) is 6.73. The summed E-state index contributed by atoms with van der Waals surface area (Å²) in [5.41, 5.74) is 2.29. The Kier molecular flexibility index (Phi) is 4.22. The molecular weight excluding hydrogens is 262 g/mol. The van der Waals surface area contributed by atoms with Gasteiger partial charge in [0.05, 0.1) is 16.6 Å². The first-order chi connectivity index (χ1) is 9.08. The monoisotopic (exact) mass is 277 g/mol. The molecule has 1 heterocycles. The fraction of sp³-hybridized carbons (Fsp3) is 0.286. The van der Waals surface area contributed by atoms with E-state index >= 15 is 0 Å². The number of alkyl halides is 1. The number of carbonyl (C=O) groups is 1. The van der Waals surface area contributed by atoms with Crippen molar-refractivity contribution >= 4 is 17.5 Å². The van der Waals surface area contributed by atoms with Crippen molar-refractivity contribution in [3.05, 3.63) is 53.3 Å². The Morgan fingerprint density at radius 2 is 2.11 bits per heavy atom. The number of aryl methyl sites for hydroxylation is 2. The SMILES string of the molecule is Cc1nn(C)cc1C(=O)NCC(Cl)c1ccccc1. The molecule has 1 unspecified atom stereocenters. The Labute approximate surface area is 117 Å². The number of rotatable bonds is 4. The van der Waals surface area contributed by atoms with E-state index in [0.717, 1.165) is 5.56 Å². The first-order valence-corrected chi connectivity index (χ1v) is 6.49. The van der Waals surface area contributed by atoms with E-state index in [1.807, 2.05) is 37.3 Å². The van der Waals surface area contributed by atoms with Crippen molar-refractivity contribution in [1.29, 1.82) is 0 Å². The van der Waals surface area contributed by atoms with E-state index in [9.17, 15) is 4.79 Å². The molecule has 1 N–H and O–H groups in total. The Bertz CT molecular complexity index is 565. The number of halogens is 1. The van der Waals surface area contributed by atoms with Crippen molar-refractivity contribution in [2.24, 2.45) is 7.05 Å². The number of benzene rings is 1. The smallest absolute Gasteiger partial charge is 0.254 e. The van der Waals surface area contributed by atoms with Gasteiger partial charge < -0.3 is 5.32 Å². The summed E-state index contributed by atoms with van der Waals surface area (Å²) in [7, 11) is 1.79. The number of carbonyl (C=O) groups excluding carboxylic acids is 1. The van der Waals surface area contributed by atoms with E-state index in [2.05, 4.69) is 10.4 Å². The van der Waals surface area contributed by atoms with Gasteiger partial charge >= 0.3 is 0 Å². The maximum absolute atomic E-state index is 12.0. The highest BCUT2D eigenvalue weighted by Gasteiger charge is 2.14. The summed E-state index contributed by atoms with van der Waals surface area (Å²) in [6, 6.07) is 9.68. The maximum atomic E-state index is 12.0. The summed E-state index contributed by atoms with van der Waals surface area (Å²) >= 11 is 6.25. The first kappa shape index (κ1) is 13.6. The summed E-state index contributed by atoms with van der Waals surface area (Å²) in [6.45, 7) is 2.20. The highest BCUT2D eigenvalue weighted by Crippen LogP contribution is 2.18. The lowest BCUT2D eigenvalue weighted by Crippen LogP contribution is -2.27. The van der Waals surface area contributed by atoms with Gasteiger partial charge in [0.15, 0.2) is 0 Å². The van der Waals surface area contributed by atoms with E-state index in [-0.39, 0.29) is 11.3 Å². The molecule has 0 saturated carbocycles. The lowest BCUT2D eigenvalue weighted by atomic mass is 10.1. The normalized spacial score (nSPS) is 12.2. The van der Waals surface area contributed by atoms with Gasteiger partial charge in [0.1, 0.15) is 0 Å². The molecule has 0 aliphatic carbocycles. The molecule has 1 aromatic carbocycles. The molecule has 4 nitrogen and oxygen atoms in total. The van der Waals surface area contributed by atoms with E-state index in [1.165, 1.54) is 0 Å². The van der Waals surface area contributed by atoms with Gasteiger partial charge in [-0.05, 0) is 12.5 Å². The Morgan fingerprint density at radius 1 is 1.42 bits per heavy atom. The van der Waals surface area contributed by atoms with Gasteiger partial charge in [-0.1, -0.05) is 30.3 Å². The average Bonchev–Trinajstić information content (AvgIpc) is 2.75. The molecule has 0 radical (unpaired) electrons. The Balaban J connectivity index is 1.96. The topological polar surface area (TPSA) is 46.9 Å². The second kappa shape index (κ2) is 5.89. The minimum absolute atomic E-state index is 0.146. The van der Waals surface area contributed by atoms with Gasteiger partial charge in [0, 0.05) is 19.8 Å². The van der Waals surface area contributed by atoms with Gasteiger partial charge in [-0.3, -0.25) is 9.48 Å². The second-order valence-corrected chi connectivity index (χ2v) is 4.92. The van der Waals surface area contributed by atoms with Crippen LogP contribution in [0.5, 0.6) is 0 Å². The molecule has 0 aliphatic heterocycles. The predicted molar refractivity (Wildman–Crippen MR) is 75.3 cm³/mol. The van der Waals surface area contributed by atoms with E-state index in [1.54, 1.807) is 17.9 Å². The average molecular weight is 278 g/mol. The third-order valence-electron chi connectivity index (χ3n) is 2.86. The summed E-state index contributed by atoms with van der Waals surface area (Å²) < 4.78 is 1.62. The predicted octanol–water partition coefficient (Wildman–Crippen LogP) is 2.44. The number of nitrogens with zero attached hydrogens (tertiary/aromatic N) is 2. The minimum atomic E-state index is -0.234. The highest BCUT2D eigenvalue weighted by molar-refractivity contribution is 6.21. The van der Waals surface area contributed by atoms with Gasteiger partial charge in [-0.2, -0.15) is 5.10 Å². The summed E-state index contributed by atoms with van der Waals surface area (Å²) in [6.07, 6.45) is 1.70. The largest absolute Gasteiger partial charge is 0.350 e. The number of hydrogen-bond acceptors (Lipinski definition) is 2. The lowest BCUT2D eigenvalue weighted by molar-refractivity contribution is 0.0953. The van der Waals surface area contributed by atoms with Crippen LogP contribution in [0.3, 0.4) is 0 Å². The molecule has 2 aromatic rings. The Hall–Kier alpha value is -1.81. The molecule has 0 aliphatic rings. The van der Waals surface area contributed by atoms with Crippen LogP contribution in [-0.4, -0.2) is 22.2 Å². The van der Waals surface area contributed by atoms with Gasteiger partial charge in [0.25, 0.3) is 5.91 Å². The number of nitrogens with one attached hydrogen (secondary N) is 1. The molecule has 19 heavy (non-hydrogen) atoms. The number of aromatic nitrogens is 2. The fourth-order valence-corrected chi connectivity index (χ4v) is 2.10. The third kappa shape index (κ3) is 3.35. The van der Waals surface area contributed by atoms with E-state index in [0.29, 0.717) is 17.8 Å². The van der Waals surface area contributed by atoms with Crippen LogP contribution in [0.1, 0.15) is 27.0 Å².